The maximum Gasteiger partial charge on any atom is 0.259 e. The van der Waals surface area contributed by atoms with E-state index in [4.69, 9.17) is 11.6 Å². The van der Waals surface area contributed by atoms with Gasteiger partial charge in [0.05, 0.1) is 16.3 Å². The molecule has 0 radical (unpaired) electrons. The van der Waals surface area contributed by atoms with Crippen molar-refractivity contribution in [1.29, 1.82) is 0 Å². The number of amides is 1. The van der Waals surface area contributed by atoms with Crippen LogP contribution in [0.25, 0.3) is 10.8 Å². The average molecular weight is 415 g/mol. The highest BCUT2D eigenvalue weighted by molar-refractivity contribution is 6.33. The van der Waals surface area contributed by atoms with Gasteiger partial charge in [-0.25, -0.2) is 0 Å². The predicted octanol–water partition coefficient (Wildman–Crippen LogP) is 6.51. The Labute approximate surface area is 179 Å². The number of rotatable bonds is 4. The Kier molecular flexibility index (Phi) is 5.50. The van der Waals surface area contributed by atoms with Crippen molar-refractivity contribution in [2.75, 3.05) is 5.32 Å². The lowest BCUT2D eigenvalue weighted by Crippen LogP contribution is -2.13. The third-order valence-electron chi connectivity index (χ3n) is 4.88. The molecule has 0 heterocycles. The number of fused-ring (bicyclic) bond motifs is 1. The van der Waals surface area contributed by atoms with Gasteiger partial charge in [0.2, 0.25) is 0 Å². The van der Waals surface area contributed by atoms with E-state index in [1.54, 1.807) is 24.4 Å². The lowest BCUT2D eigenvalue weighted by molar-refractivity contribution is 0.102. The first-order valence-electron chi connectivity index (χ1n) is 9.45. The molecule has 148 valence electrons. The molecule has 5 heteroatoms. The number of aromatic hydroxyl groups is 1. The number of para-hydroxylation sites is 2. The van der Waals surface area contributed by atoms with Crippen molar-refractivity contribution in [2.24, 2.45) is 4.99 Å². The molecule has 0 aromatic heterocycles. The van der Waals surface area contributed by atoms with E-state index in [1.165, 1.54) is 0 Å². The summed E-state index contributed by atoms with van der Waals surface area (Å²) in [7, 11) is 0. The molecule has 4 nitrogen and oxygen atoms in total. The van der Waals surface area contributed by atoms with E-state index >= 15 is 0 Å². The average Bonchev–Trinajstić information content (AvgIpc) is 2.75. The fourth-order valence-corrected chi connectivity index (χ4v) is 3.45. The van der Waals surface area contributed by atoms with E-state index in [2.05, 4.69) is 10.3 Å². The van der Waals surface area contributed by atoms with Crippen LogP contribution in [-0.2, 0) is 0 Å². The Bertz CT molecular complexity index is 1280. The zero-order valence-electron chi connectivity index (χ0n) is 16.3. The second-order valence-corrected chi connectivity index (χ2v) is 7.29. The number of nitrogens with one attached hydrogen (secondary N) is 1. The van der Waals surface area contributed by atoms with E-state index in [1.807, 2.05) is 67.6 Å². The van der Waals surface area contributed by atoms with Crippen molar-refractivity contribution in [3.63, 3.8) is 0 Å². The normalized spacial score (nSPS) is 11.1. The molecule has 4 aromatic carbocycles. The summed E-state index contributed by atoms with van der Waals surface area (Å²) in [4.78, 5) is 17.4. The highest BCUT2D eigenvalue weighted by Crippen LogP contribution is 2.32. The molecule has 0 bridgehead atoms. The number of carbonyl (C=O) groups is 1. The van der Waals surface area contributed by atoms with Crippen molar-refractivity contribution in [2.45, 2.75) is 6.92 Å². The van der Waals surface area contributed by atoms with Crippen molar-refractivity contribution < 1.29 is 9.90 Å². The molecule has 0 aliphatic carbocycles. The van der Waals surface area contributed by atoms with Gasteiger partial charge in [-0.2, -0.15) is 0 Å². The highest BCUT2D eigenvalue weighted by Gasteiger charge is 2.18. The first kappa shape index (κ1) is 19.7. The maximum absolute atomic E-state index is 13.0. The smallest absolute Gasteiger partial charge is 0.259 e. The van der Waals surface area contributed by atoms with Crippen LogP contribution in [0.15, 0.2) is 83.9 Å². The van der Waals surface area contributed by atoms with E-state index < -0.39 is 0 Å². The number of phenols is 1. The van der Waals surface area contributed by atoms with Crippen LogP contribution >= 0.6 is 11.6 Å². The van der Waals surface area contributed by atoms with Gasteiger partial charge in [0.1, 0.15) is 5.75 Å². The number of phenolic OH excluding ortho intramolecular Hbond substituents is 1. The fourth-order valence-electron chi connectivity index (χ4n) is 3.26. The molecular weight excluding hydrogens is 396 g/mol. The first-order chi connectivity index (χ1) is 14.5. The molecule has 0 saturated carbocycles. The van der Waals surface area contributed by atoms with E-state index in [9.17, 15) is 9.90 Å². The minimum absolute atomic E-state index is 0.129. The number of benzene rings is 4. The maximum atomic E-state index is 13.0. The molecule has 0 saturated heterocycles. The standard InChI is InChI=1S/C25H19ClN2O2/c1-16-8-2-6-12-22(16)28-25(30)19-14-17-9-3-4-10-18(17)20(24(19)29)15-27-23-13-7-5-11-21(23)26/h2-15,29H,1H3,(H,28,30). The zero-order valence-corrected chi connectivity index (χ0v) is 17.0. The van der Waals surface area contributed by atoms with E-state index in [0.717, 1.165) is 16.3 Å². The molecule has 0 spiro atoms. The van der Waals surface area contributed by atoms with Crippen molar-refractivity contribution in [3.8, 4) is 5.75 Å². The molecule has 4 aromatic rings. The molecule has 1 amide bonds. The van der Waals surface area contributed by atoms with Crippen LogP contribution < -0.4 is 5.32 Å². The molecule has 0 aliphatic heterocycles. The van der Waals surface area contributed by atoms with Gasteiger partial charge in [0.15, 0.2) is 0 Å². The third-order valence-corrected chi connectivity index (χ3v) is 5.20. The summed E-state index contributed by atoms with van der Waals surface area (Å²) in [6.07, 6.45) is 1.55. The zero-order chi connectivity index (χ0) is 21.1. The van der Waals surface area contributed by atoms with Gasteiger partial charge >= 0.3 is 0 Å². The lowest BCUT2D eigenvalue weighted by atomic mass is 9.99. The van der Waals surface area contributed by atoms with Gasteiger partial charge in [0, 0.05) is 17.5 Å². The van der Waals surface area contributed by atoms with Crippen LogP contribution in [0.1, 0.15) is 21.5 Å². The Morgan fingerprint density at radius 2 is 1.70 bits per heavy atom. The molecule has 4 rings (SSSR count). The molecule has 0 atom stereocenters. The molecule has 0 aliphatic rings. The highest BCUT2D eigenvalue weighted by atomic mass is 35.5. The summed E-state index contributed by atoms with van der Waals surface area (Å²) in [5.41, 5.74) is 2.85. The Morgan fingerprint density at radius 1 is 1.00 bits per heavy atom. The Hall–Kier alpha value is -3.63. The Balaban J connectivity index is 1.80. The van der Waals surface area contributed by atoms with Crippen LogP contribution in [0.3, 0.4) is 0 Å². The molecule has 2 N–H and O–H groups in total. The largest absolute Gasteiger partial charge is 0.506 e. The van der Waals surface area contributed by atoms with Crippen LogP contribution in [0.5, 0.6) is 5.75 Å². The van der Waals surface area contributed by atoms with Crippen LogP contribution in [0.2, 0.25) is 5.02 Å². The number of nitrogens with zero attached hydrogens (tertiary/aromatic N) is 1. The monoisotopic (exact) mass is 414 g/mol. The van der Waals surface area contributed by atoms with Crippen molar-refractivity contribution >= 4 is 45.9 Å². The van der Waals surface area contributed by atoms with Crippen molar-refractivity contribution in [3.05, 3.63) is 101 Å². The minimum atomic E-state index is -0.389. The number of anilines is 1. The summed E-state index contributed by atoms with van der Waals surface area (Å²) < 4.78 is 0. The second kappa shape index (κ2) is 8.39. The molecule has 0 fully saturated rings. The van der Waals surface area contributed by atoms with Crippen LogP contribution in [0.4, 0.5) is 11.4 Å². The number of halogens is 1. The second-order valence-electron chi connectivity index (χ2n) is 6.89. The number of hydrogen-bond donors (Lipinski definition) is 2. The number of carbonyl (C=O) groups excluding carboxylic acids is 1. The minimum Gasteiger partial charge on any atom is -0.506 e. The molecular formula is C25H19ClN2O2. The van der Waals surface area contributed by atoms with Gasteiger partial charge in [-0.05, 0) is 47.5 Å². The van der Waals surface area contributed by atoms with Crippen molar-refractivity contribution in [1.82, 2.24) is 0 Å². The summed E-state index contributed by atoms with van der Waals surface area (Å²) in [6, 6.07) is 23.9. The fraction of sp³-hybridized carbons (Fsp3) is 0.0400. The Morgan fingerprint density at radius 3 is 2.50 bits per heavy atom. The first-order valence-corrected chi connectivity index (χ1v) is 9.82. The van der Waals surface area contributed by atoms with Gasteiger partial charge in [0.25, 0.3) is 5.91 Å². The third kappa shape index (κ3) is 3.91. The topological polar surface area (TPSA) is 61.7 Å². The number of hydrogen-bond acceptors (Lipinski definition) is 3. The molecule has 30 heavy (non-hydrogen) atoms. The molecule has 0 unspecified atom stereocenters. The number of aliphatic imine (C=N–C) groups is 1. The lowest BCUT2D eigenvalue weighted by Gasteiger charge is -2.13. The van der Waals surface area contributed by atoms with Gasteiger partial charge in [-0.3, -0.25) is 9.79 Å². The quantitative estimate of drug-likeness (QED) is 0.374. The summed E-state index contributed by atoms with van der Waals surface area (Å²) >= 11 is 6.19. The SMILES string of the molecule is Cc1ccccc1NC(=O)c1cc2ccccc2c(C=Nc2ccccc2Cl)c1O. The van der Waals surface area contributed by atoms with Crippen LogP contribution in [-0.4, -0.2) is 17.2 Å². The van der Waals surface area contributed by atoms with Gasteiger partial charge < -0.3 is 10.4 Å². The van der Waals surface area contributed by atoms with Crippen LogP contribution in [0, 0.1) is 6.92 Å². The predicted molar refractivity (Wildman–Crippen MR) is 123 cm³/mol. The van der Waals surface area contributed by atoms with E-state index in [0.29, 0.717) is 22.0 Å². The summed E-state index contributed by atoms with van der Waals surface area (Å²) in [6.45, 7) is 1.91. The summed E-state index contributed by atoms with van der Waals surface area (Å²) in [5, 5.41) is 16.0. The summed E-state index contributed by atoms with van der Waals surface area (Å²) in [5.74, 6) is -0.518. The number of aryl methyl sites for hydroxylation is 1. The van der Waals surface area contributed by atoms with E-state index in [-0.39, 0.29) is 17.2 Å². The van der Waals surface area contributed by atoms with Gasteiger partial charge in [-0.15, -0.1) is 0 Å². The van der Waals surface area contributed by atoms with Gasteiger partial charge in [-0.1, -0.05) is 66.2 Å².